The van der Waals surface area contributed by atoms with Gasteiger partial charge in [0.15, 0.2) is 0 Å². The molecule has 2 aromatic carbocycles. The van der Waals surface area contributed by atoms with Gasteiger partial charge in [-0.3, -0.25) is 0 Å². The lowest BCUT2D eigenvalue weighted by Gasteiger charge is -2.21. The molecule has 0 unspecified atom stereocenters. The number of anilines is 4. The van der Waals surface area contributed by atoms with Crippen LogP contribution in [0.3, 0.4) is 0 Å². The molecular formula is C23H29N5. The first kappa shape index (κ1) is 19.7. The molecule has 5 heteroatoms. The van der Waals surface area contributed by atoms with E-state index in [1.807, 2.05) is 24.3 Å². The van der Waals surface area contributed by atoms with Crippen molar-refractivity contribution in [2.24, 2.45) is 0 Å². The summed E-state index contributed by atoms with van der Waals surface area (Å²) in [5.74, 6) is 1.39. The Bertz CT molecular complexity index is 871. The number of benzene rings is 2. The van der Waals surface area contributed by atoms with Gasteiger partial charge < -0.3 is 15.5 Å². The summed E-state index contributed by atoms with van der Waals surface area (Å²) >= 11 is 0. The molecule has 2 N–H and O–H groups in total. The minimum absolute atomic E-state index is 0.291. The Kier molecular flexibility index (Phi) is 6.48. The molecule has 3 rings (SSSR count). The lowest BCUT2D eigenvalue weighted by molar-refractivity contribution is 0.866. The second kappa shape index (κ2) is 9.22. The fraction of sp³-hybridized carbons (Fsp3) is 0.304. The molecule has 0 spiro atoms. The number of nitrogens with zero attached hydrogens (tertiary/aromatic N) is 3. The molecule has 5 nitrogen and oxygen atoms in total. The zero-order valence-corrected chi connectivity index (χ0v) is 17.1. The van der Waals surface area contributed by atoms with Gasteiger partial charge in [-0.15, -0.1) is 0 Å². The van der Waals surface area contributed by atoms with E-state index in [4.69, 9.17) is 4.98 Å². The second-order valence-corrected chi connectivity index (χ2v) is 6.97. The molecule has 0 amide bonds. The van der Waals surface area contributed by atoms with Gasteiger partial charge in [-0.25, -0.2) is 4.98 Å². The quantitative estimate of drug-likeness (QED) is 0.540. The van der Waals surface area contributed by atoms with Gasteiger partial charge in [0.25, 0.3) is 0 Å². The highest BCUT2D eigenvalue weighted by Crippen LogP contribution is 2.24. The molecule has 0 aliphatic carbocycles. The first-order valence-corrected chi connectivity index (χ1v) is 9.92. The maximum atomic E-state index is 4.72. The Labute approximate surface area is 167 Å². The summed E-state index contributed by atoms with van der Waals surface area (Å²) in [4.78, 5) is 11.7. The predicted octanol–water partition coefficient (Wildman–Crippen LogP) is 5.55. The Morgan fingerprint density at radius 1 is 0.893 bits per heavy atom. The van der Waals surface area contributed by atoms with E-state index in [9.17, 15) is 0 Å². The SMILES string of the molecule is CCN(CC)c1ccc(Nc2nc(NC(C)C)cc(-c3ccccc3)n2)cc1. The lowest BCUT2D eigenvalue weighted by Crippen LogP contribution is -2.21. The number of hydrogen-bond donors (Lipinski definition) is 2. The molecule has 0 aliphatic heterocycles. The third kappa shape index (κ3) is 5.00. The van der Waals surface area contributed by atoms with Gasteiger partial charge in [0, 0.05) is 42.1 Å². The van der Waals surface area contributed by atoms with Crippen LogP contribution in [0.1, 0.15) is 27.7 Å². The molecule has 1 heterocycles. The Morgan fingerprint density at radius 3 is 2.18 bits per heavy atom. The highest BCUT2D eigenvalue weighted by atomic mass is 15.2. The van der Waals surface area contributed by atoms with Crippen LogP contribution in [-0.4, -0.2) is 29.1 Å². The molecular weight excluding hydrogens is 346 g/mol. The summed E-state index contributed by atoms with van der Waals surface area (Å²) in [5, 5.41) is 6.73. The second-order valence-electron chi connectivity index (χ2n) is 6.97. The van der Waals surface area contributed by atoms with Gasteiger partial charge in [-0.1, -0.05) is 30.3 Å². The first-order chi connectivity index (χ1) is 13.6. The van der Waals surface area contributed by atoms with E-state index in [1.54, 1.807) is 0 Å². The minimum Gasteiger partial charge on any atom is -0.372 e. The summed E-state index contributed by atoms with van der Waals surface area (Å²) in [7, 11) is 0. The number of hydrogen-bond acceptors (Lipinski definition) is 5. The topological polar surface area (TPSA) is 53.1 Å². The fourth-order valence-electron chi connectivity index (χ4n) is 3.10. The van der Waals surface area contributed by atoms with Crippen molar-refractivity contribution in [3.63, 3.8) is 0 Å². The summed E-state index contributed by atoms with van der Waals surface area (Å²) in [5.41, 5.74) is 4.14. The van der Waals surface area contributed by atoms with Crippen LogP contribution in [0.5, 0.6) is 0 Å². The Hall–Kier alpha value is -3.08. The fourth-order valence-corrected chi connectivity index (χ4v) is 3.10. The van der Waals surface area contributed by atoms with Crippen LogP contribution in [0.4, 0.5) is 23.1 Å². The van der Waals surface area contributed by atoms with Crippen LogP contribution in [0.25, 0.3) is 11.3 Å². The van der Waals surface area contributed by atoms with E-state index in [0.29, 0.717) is 12.0 Å². The number of aromatic nitrogens is 2. The molecule has 3 aromatic rings. The standard InChI is InChI=1S/C23H29N5/c1-5-28(6-2)20-14-12-19(13-15-20)25-23-26-21(18-10-8-7-9-11-18)16-22(27-23)24-17(3)4/h7-17H,5-6H2,1-4H3,(H2,24,25,26,27). The average Bonchev–Trinajstić information content (AvgIpc) is 2.70. The summed E-state index contributed by atoms with van der Waals surface area (Å²) in [6.45, 7) is 10.5. The third-order valence-corrected chi connectivity index (χ3v) is 4.48. The zero-order chi connectivity index (χ0) is 19.9. The van der Waals surface area contributed by atoms with Crippen molar-refractivity contribution in [2.75, 3.05) is 28.6 Å². The molecule has 28 heavy (non-hydrogen) atoms. The molecule has 1 aromatic heterocycles. The van der Waals surface area contributed by atoms with Gasteiger partial charge in [0.2, 0.25) is 5.95 Å². The van der Waals surface area contributed by atoms with E-state index >= 15 is 0 Å². The van der Waals surface area contributed by atoms with Crippen molar-refractivity contribution in [1.82, 2.24) is 9.97 Å². The van der Waals surface area contributed by atoms with Crippen LogP contribution in [-0.2, 0) is 0 Å². The molecule has 0 fully saturated rings. The van der Waals surface area contributed by atoms with Gasteiger partial charge in [-0.05, 0) is 52.0 Å². The van der Waals surface area contributed by atoms with Gasteiger partial charge >= 0.3 is 0 Å². The monoisotopic (exact) mass is 375 g/mol. The molecule has 0 radical (unpaired) electrons. The van der Waals surface area contributed by atoms with E-state index < -0.39 is 0 Å². The minimum atomic E-state index is 0.291. The highest BCUT2D eigenvalue weighted by molar-refractivity contribution is 5.67. The summed E-state index contributed by atoms with van der Waals surface area (Å²) < 4.78 is 0. The maximum absolute atomic E-state index is 4.72. The smallest absolute Gasteiger partial charge is 0.229 e. The Balaban J connectivity index is 1.88. The van der Waals surface area contributed by atoms with Crippen molar-refractivity contribution in [1.29, 1.82) is 0 Å². The summed E-state index contributed by atoms with van der Waals surface area (Å²) in [6.07, 6.45) is 0. The van der Waals surface area contributed by atoms with Crippen LogP contribution in [0, 0.1) is 0 Å². The van der Waals surface area contributed by atoms with E-state index in [2.05, 4.69) is 84.6 Å². The van der Waals surface area contributed by atoms with Crippen LogP contribution >= 0.6 is 0 Å². The molecule has 0 saturated carbocycles. The number of rotatable bonds is 8. The third-order valence-electron chi connectivity index (χ3n) is 4.48. The van der Waals surface area contributed by atoms with Gasteiger partial charge in [-0.2, -0.15) is 4.98 Å². The highest BCUT2D eigenvalue weighted by Gasteiger charge is 2.09. The van der Waals surface area contributed by atoms with Crippen LogP contribution < -0.4 is 15.5 Å². The van der Waals surface area contributed by atoms with Gasteiger partial charge in [0.1, 0.15) is 5.82 Å². The normalized spacial score (nSPS) is 10.8. The maximum Gasteiger partial charge on any atom is 0.229 e. The summed E-state index contributed by atoms with van der Waals surface area (Å²) in [6, 6.07) is 20.8. The average molecular weight is 376 g/mol. The van der Waals surface area contributed by atoms with Crippen molar-refractivity contribution >= 4 is 23.1 Å². The van der Waals surface area contributed by atoms with Crippen LogP contribution in [0.2, 0.25) is 0 Å². The van der Waals surface area contributed by atoms with Crippen molar-refractivity contribution in [3.05, 3.63) is 60.7 Å². The molecule has 0 saturated heterocycles. The van der Waals surface area contributed by atoms with Crippen molar-refractivity contribution in [3.8, 4) is 11.3 Å². The van der Waals surface area contributed by atoms with E-state index in [0.717, 1.165) is 35.9 Å². The van der Waals surface area contributed by atoms with E-state index in [-0.39, 0.29) is 0 Å². The molecule has 146 valence electrons. The Morgan fingerprint density at radius 2 is 1.57 bits per heavy atom. The van der Waals surface area contributed by atoms with E-state index in [1.165, 1.54) is 5.69 Å². The predicted molar refractivity (Wildman–Crippen MR) is 120 cm³/mol. The van der Waals surface area contributed by atoms with Crippen molar-refractivity contribution < 1.29 is 0 Å². The molecule has 0 atom stereocenters. The first-order valence-electron chi connectivity index (χ1n) is 9.92. The van der Waals surface area contributed by atoms with Crippen molar-refractivity contribution in [2.45, 2.75) is 33.7 Å². The largest absolute Gasteiger partial charge is 0.372 e. The molecule has 0 bridgehead atoms. The molecule has 0 aliphatic rings. The van der Waals surface area contributed by atoms with Crippen LogP contribution in [0.15, 0.2) is 60.7 Å². The number of nitrogens with one attached hydrogen (secondary N) is 2. The lowest BCUT2D eigenvalue weighted by atomic mass is 10.1. The zero-order valence-electron chi connectivity index (χ0n) is 17.1. The van der Waals surface area contributed by atoms with Gasteiger partial charge in [0.05, 0.1) is 5.69 Å².